The molecule has 0 aliphatic carbocycles. The molecule has 0 radical (unpaired) electrons. The third kappa shape index (κ3) is 3.45. The number of thioether (sulfide) groups is 1. The summed E-state index contributed by atoms with van der Waals surface area (Å²) in [5.41, 5.74) is 2.73. The molecular formula is C21H20N2O4S. The Hall–Kier alpha value is -2.93. The topological polar surface area (TPSA) is 60.4 Å². The van der Waals surface area contributed by atoms with Crippen LogP contribution in [0.25, 0.3) is 6.08 Å². The fraction of sp³-hybridized carbons (Fsp3) is 0.238. The minimum atomic E-state index is -0.0446. The van der Waals surface area contributed by atoms with Gasteiger partial charge in [-0.15, -0.1) is 0 Å². The summed E-state index contributed by atoms with van der Waals surface area (Å²) < 4.78 is 16.0. The van der Waals surface area contributed by atoms with E-state index in [9.17, 15) is 4.79 Å². The molecule has 6 nitrogen and oxygen atoms in total. The van der Waals surface area contributed by atoms with Crippen molar-refractivity contribution in [2.75, 3.05) is 20.4 Å². The number of amides is 1. The third-order valence-corrected chi connectivity index (χ3v) is 5.56. The molecule has 0 N–H and O–H groups in total. The van der Waals surface area contributed by atoms with Crippen LogP contribution in [0.1, 0.15) is 18.1 Å². The van der Waals surface area contributed by atoms with Crippen molar-refractivity contribution in [1.82, 2.24) is 4.90 Å². The number of nitrogens with zero attached hydrogens (tertiary/aromatic N) is 2. The van der Waals surface area contributed by atoms with Crippen molar-refractivity contribution in [3.05, 3.63) is 52.4 Å². The molecule has 2 aliphatic rings. The van der Waals surface area contributed by atoms with Gasteiger partial charge in [0.25, 0.3) is 5.91 Å². The van der Waals surface area contributed by atoms with Crippen LogP contribution in [0.15, 0.2) is 46.3 Å². The van der Waals surface area contributed by atoms with Crippen LogP contribution in [-0.2, 0) is 4.79 Å². The summed E-state index contributed by atoms with van der Waals surface area (Å²) in [5.74, 6) is 2.16. The minimum absolute atomic E-state index is 0.0446. The SMILES string of the molecule is CCN1C(=O)/C(=C\c2cc3c(cc2C)OCO3)SC1=Nc1ccc(OC)cc1. The molecule has 2 aromatic carbocycles. The molecule has 1 fully saturated rings. The van der Waals surface area contributed by atoms with Gasteiger partial charge in [-0.3, -0.25) is 9.69 Å². The normalized spacial score (nSPS) is 18.4. The molecule has 7 heteroatoms. The van der Waals surface area contributed by atoms with Gasteiger partial charge < -0.3 is 14.2 Å². The van der Waals surface area contributed by atoms with Crippen LogP contribution in [0.5, 0.6) is 17.2 Å². The maximum atomic E-state index is 12.9. The summed E-state index contributed by atoms with van der Waals surface area (Å²) in [5, 5.41) is 0.669. The van der Waals surface area contributed by atoms with Gasteiger partial charge in [0, 0.05) is 6.54 Å². The highest BCUT2D eigenvalue weighted by Crippen LogP contribution is 2.38. The Morgan fingerprint density at radius 2 is 1.93 bits per heavy atom. The van der Waals surface area contributed by atoms with Crippen molar-refractivity contribution in [2.24, 2.45) is 4.99 Å². The summed E-state index contributed by atoms with van der Waals surface area (Å²) in [6, 6.07) is 11.3. The number of benzene rings is 2. The quantitative estimate of drug-likeness (QED) is 0.719. The number of likely N-dealkylation sites (N-methyl/N-ethyl adjacent to an activating group) is 1. The Kier molecular flexibility index (Phi) is 5.00. The van der Waals surface area contributed by atoms with E-state index in [0.717, 1.165) is 28.3 Å². The highest BCUT2D eigenvalue weighted by molar-refractivity contribution is 8.18. The fourth-order valence-corrected chi connectivity index (χ4v) is 4.05. The van der Waals surface area contributed by atoms with Crippen LogP contribution in [0.4, 0.5) is 5.69 Å². The Morgan fingerprint density at radius 1 is 1.21 bits per heavy atom. The molecule has 0 spiro atoms. The van der Waals surface area contributed by atoms with Gasteiger partial charge in [0.05, 0.1) is 17.7 Å². The van der Waals surface area contributed by atoms with E-state index in [1.807, 2.05) is 56.3 Å². The first-order valence-corrected chi connectivity index (χ1v) is 9.75. The van der Waals surface area contributed by atoms with Crippen LogP contribution in [-0.4, -0.2) is 36.4 Å². The third-order valence-electron chi connectivity index (χ3n) is 4.55. The first kappa shape index (κ1) is 18.4. The molecule has 4 rings (SSSR count). The van der Waals surface area contributed by atoms with Crippen molar-refractivity contribution in [3.8, 4) is 17.2 Å². The molecule has 0 saturated carbocycles. The lowest BCUT2D eigenvalue weighted by Crippen LogP contribution is -2.28. The number of amidine groups is 1. The molecule has 2 aromatic rings. The first-order valence-electron chi connectivity index (χ1n) is 8.93. The molecular weight excluding hydrogens is 376 g/mol. The molecule has 1 amide bonds. The van der Waals surface area contributed by atoms with Crippen molar-refractivity contribution in [3.63, 3.8) is 0 Å². The largest absolute Gasteiger partial charge is 0.497 e. The zero-order valence-corrected chi connectivity index (χ0v) is 16.7. The summed E-state index contributed by atoms with van der Waals surface area (Å²) in [4.78, 5) is 19.8. The molecule has 2 aliphatic heterocycles. The summed E-state index contributed by atoms with van der Waals surface area (Å²) in [6.45, 7) is 4.71. The maximum Gasteiger partial charge on any atom is 0.266 e. The van der Waals surface area contributed by atoms with Crippen LogP contribution in [0.2, 0.25) is 0 Å². The second-order valence-corrected chi connectivity index (χ2v) is 7.32. The number of aryl methyl sites for hydroxylation is 1. The van der Waals surface area contributed by atoms with E-state index in [1.165, 1.54) is 11.8 Å². The zero-order chi connectivity index (χ0) is 19.7. The number of carbonyl (C=O) groups excluding carboxylic acids is 1. The lowest BCUT2D eigenvalue weighted by Gasteiger charge is -2.12. The van der Waals surface area contributed by atoms with Crippen molar-refractivity contribution < 1.29 is 19.0 Å². The van der Waals surface area contributed by atoms with Crippen molar-refractivity contribution in [1.29, 1.82) is 0 Å². The van der Waals surface area contributed by atoms with Gasteiger partial charge in [-0.25, -0.2) is 4.99 Å². The lowest BCUT2D eigenvalue weighted by molar-refractivity contribution is -0.122. The molecule has 28 heavy (non-hydrogen) atoms. The minimum Gasteiger partial charge on any atom is -0.497 e. The van der Waals surface area contributed by atoms with Crippen LogP contribution < -0.4 is 14.2 Å². The number of fused-ring (bicyclic) bond motifs is 1. The second kappa shape index (κ2) is 7.59. The summed E-state index contributed by atoms with van der Waals surface area (Å²) >= 11 is 1.38. The number of methoxy groups -OCH3 is 1. The fourth-order valence-electron chi connectivity index (χ4n) is 2.99. The molecule has 1 saturated heterocycles. The van der Waals surface area contributed by atoms with E-state index in [0.29, 0.717) is 22.4 Å². The van der Waals surface area contributed by atoms with E-state index < -0.39 is 0 Å². The number of ether oxygens (including phenoxy) is 3. The molecule has 0 aromatic heterocycles. The van der Waals surface area contributed by atoms with Gasteiger partial charge in [-0.2, -0.15) is 0 Å². The van der Waals surface area contributed by atoms with Crippen molar-refractivity contribution in [2.45, 2.75) is 13.8 Å². The molecule has 0 atom stereocenters. The Labute approximate surface area is 167 Å². The molecule has 2 heterocycles. The molecule has 0 bridgehead atoms. The van der Waals surface area contributed by atoms with Gasteiger partial charge in [-0.05, 0) is 79.2 Å². The maximum absolute atomic E-state index is 12.9. The van der Waals surface area contributed by atoms with Gasteiger partial charge in [-0.1, -0.05) is 0 Å². The van der Waals surface area contributed by atoms with E-state index in [2.05, 4.69) is 4.99 Å². The monoisotopic (exact) mass is 396 g/mol. The van der Waals surface area contributed by atoms with Crippen LogP contribution in [0.3, 0.4) is 0 Å². The predicted molar refractivity (Wildman–Crippen MR) is 110 cm³/mol. The Morgan fingerprint density at radius 3 is 2.61 bits per heavy atom. The second-order valence-electron chi connectivity index (χ2n) is 6.31. The predicted octanol–water partition coefficient (Wildman–Crippen LogP) is 4.36. The molecule has 144 valence electrons. The first-order chi connectivity index (χ1) is 13.6. The number of rotatable bonds is 4. The van der Waals surface area contributed by atoms with E-state index in [-0.39, 0.29) is 12.7 Å². The van der Waals surface area contributed by atoms with Gasteiger partial charge in [0.1, 0.15) is 5.75 Å². The number of carbonyl (C=O) groups is 1. The smallest absolute Gasteiger partial charge is 0.266 e. The van der Waals surface area contributed by atoms with E-state index in [4.69, 9.17) is 14.2 Å². The van der Waals surface area contributed by atoms with Gasteiger partial charge in [0.15, 0.2) is 16.7 Å². The summed E-state index contributed by atoms with van der Waals surface area (Å²) in [6.07, 6.45) is 1.89. The molecule has 0 unspecified atom stereocenters. The highest BCUT2D eigenvalue weighted by atomic mass is 32.2. The number of hydrogen-bond acceptors (Lipinski definition) is 6. The number of aliphatic imine (C=N–C) groups is 1. The number of hydrogen-bond donors (Lipinski definition) is 0. The average molecular weight is 396 g/mol. The standard InChI is InChI=1S/C21H20N2O4S/c1-4-23-20(24)19(11-14-10-18-17(9-13(14)2)26-12-27-18)28-21(23)22-15-5-7-16(25-3)8-6-15/h5-11H,4,12H2,1-3H3/b19-11+,22-21?. The summed E-state index contributed by atoms with van der Waals surface area (Å²) in [7, 11) is 1.63. The van der Waals surface area contributed by atoms with Crippen LogP contribution >= 0.6 is 11.8 Å². The Bertz CT molecular complexity index is 983. The lowest BCUT2D eigenvalue weighted by atomic mass is 10.1. The zero-order valence-electron chi connectivity index (χ0n) is 15.9. The highest BCUT2D eigenvalue weighted by Gasteiger charge is 2.32. The van der Waals surface area contributed by atoms with Crippen LogP contribution in [0, 0.1) is 6.92 Å². The van der Waals surface area contributed by atoms with Gasteiger partial charge >= 0.3 is 0 Å². The van der Waals surface area contributed by atoms with Gasteiger partial charge in [0.2, 0.25) is 6.79 Å². The average Bonchev–Trinajstić information content (AvgIpc) is 3.26. The van der Waals surface area contributed by atoms with E-state index in [1.54, 1.807) is 12.0 Å². The van der Waals surface area contributed by atoms with Crippen molar-refractivity contribution >= 4 is 34.6 Å². The Balaban J connectivity index is 1.65. The van der Waals surface area contributed by atoms with E-state index >= 15 is 0 Å².